The first-order valence-corrected chi connectivity index (χ1v) is 9.83. The van der Waals surface area contributed by atoms with E-state index in [-0.39, 0.29) is 5.60 Å². The lowest BCUT2D eigenvalue weighted by molar-refractivity contribution is -0.374. The second kappa shape index (κ2) is 20.8. The molecule has 0 amide bonds. The fourth-order valence-electron chi connectivity index (χ4n) is 2.33. The third-order valence-corrected chi connectivity index (χ3v) is 3.70. The molecule has 5 N–H and O–H groups in total. The smallest absolute Gasteiger partial charge is 0.0980 e. The highest BCUT2D eigenvalue weighted by Crippen LogP contribution is 2.21. The SMILES string of the molecule is CC1(C)CCCOO1.CNC.NCCCCCCCCCCCN. The summed E-state index contributed by atoms with van der Waals surface area (Å²) >= 11 is 0. The Bertz CT molecular complexity index is 209. The Morgan fingerprint density at radius 3 is 1.38 bits per heavy atom. The summed E-state index contributed by atoms with van der Waals surface area (Å²) in [5.74, 6) is 0. The summed E-state index contributed by atoms with van der Waals surface area (Å²) in [6, 6.07) is 0. The van der Waals surface area contributed by atoms with Gasteiger partial charge in [0.25, 0.3) is 0 Å². The average Bonchev–Trinajstić information content (AvgIpc) is 2.54. The number of unbranched alkanes of at least 4 members (excludes halogenated alkanes) is 8. The van der Waals surface area contributed by atoms with Crippen LogP contribution >= 0.6 is 0 Å². The van der Waals surface area contributed by atoms with Gasteiger partial charge in [0.05, 0.1) is 12.2 Å². The zero-order chi connectivity index (χ0) is 18.5. The molecule has 0 radical (unpaired) electrons. The highest BCUT2D eigenvalue weighted by Gasteiger charge is 2.22. The third kappa shape index (κ3) is 24.1. The predicted molar refractivity (Wildman–Crippen MR) is 105 cm³/mol. The first-order chi connectivity index (χ1) is 11.5. The molecule has 1 aliphatic heterocycles. The van der Waals surface area contributed by atoms with Crippen molar-refractivity contribution >= 4 is 0 Å². The van der Waals surface area contributed by atoms with Crippen molar-refractivity contribution in [3.05, 3.63) is 0 Å². The summed E-state index contributed by atoms with van der Waals surface area (Å²) < 4.78 is 0. The molecule has 0 aromatic rings. The predicted octanol–water partition coefficient (Wildman–Crippen LogP) is 3.76. The van der Waals surface area contributed by atoms with Gasteiger partial charge in [0.1, 0.15) is 0 Å². The normalized spacial score (nSPS) is 15.8. The van der Waals surface area contributed by atoms with Crippen LogP contribution in [0.4, 0.5) is 0 Å². The van der Waals surface area contributed by atoms with Crippen molar-refractivity contribution in [2.45, 2.75) is 90.1 Å². The number of hydrogen-bond donors (Lipinski definition) is 3. The molecule has 0 aliphatic carbocycles. The van der Waals surface area contributed by atoms with Crippen LogP contribution in [0.5, 0.6) is 0 Å². The van der Waals surface area contributed by atoms with Gasteiger partial charge in [-0.15, -0.1) is 0 Å². The summed E-state index contributed by atoms with van der Waals surface area (Å²) in [7, 11) is 3.75. The molecule has 0 unspecified atom stereocenters. The number of nitrogens with two attached hydrogens (primary N) is 2. The van der Waals surface area contributed by atoms with E-state index in [0.717, 1.165) is 32.5 Å². The number of rotatable bonds is 10. The number of nitrogens with one attached hydrogen (secondary N) is 1. The summed E-state index contributed by atoms with van der Waals surface area (Å²) in [4.78, 5) is 9.75. The summed E-state index contributed by atoms with van der Waals surface area (Å²) in [5.41, 5.74) is 10.8. The van der Waals surface area contributed by atoms with Crippen molar-refractivity contribution in [1.29, 1.82) is 0 Å². The summed E-state index contributed by atoms with van der Waals surface area (Å²) in [5, 5.41) is 2.75. The van der Waals surface area contributed by atoms with Crippen LogP contribution in [0.25, 0.3) is 0 Å². The fourth-order valence-corrected chi connectivity index (χ4v) is 2.33. The van der Waals surface area contributed by atoms with Gasteiger partial charge in [-0.05, 0) is 66.7 Å². The van der Waals surface area contributed by atoms with Crippen LogP contribution in [0.3, 0.4) is 0 Å². The summed E-state index contributed by atoms with van der Waals surface area (Å²) in [6.07, 6.45) is 14.2. The van der Waals surface area contributed by atoms with E-state index in [4.69, 9.17) is 21.2 Å². The van der Waals surface area contributed by atoms with Crippen LogP contribution in [-0.4, -0.2) is 39.4 Å². The quantitative estimate of drug-likeness (QED) is 0.414. The average molecular weight is 348 g/mol. The molecule has 5 nitrogen and oxygen atoms in total. The van der Waals surface area contributed by atoms with E-state index < -0.39 is 0 Å². The Hall–Kier alpha value is -0.200. The lowest BCUT2D eigenvalue weighted by atomic mass is 10.0. The van der Waals surface area contributed by atoms with E-state index in [1.165, 1.54) is 57.8 Å². The van der Waals surface area contributed by atoms with Crippen molar-refractivity contribution in [1.82, 2.24) is 5.32 Å². The zero-order valence-corrected chi connectivity index (χ0v) is 16.9. The second-order valence-electron chi connectivity index (χ2n) is 7.03. The van der Waals surface area contributed by atoms with E-state index in [9.17, 15) is 0 Å². The Balaban J connectivity index is 0. The molecule has 1 heterocycles. The maximum absolute atomic E-state index is 5.41. The minimum absolute atomic E-state index is 0.0434. The summed E-state index contributed by atoms with van der Waals surface area (Å²) in [6.45, 7) is 6.54. The molecular formula is C19H45N3O2. The standard InChI is InChI=1S/C11H26N2.C6H12O2.C2H7N/c12-10-8-6-4-2-1-3-5-7-9-11-13;1-6(2)4-3-5-7-8-6;1-3-2/h1-13H2;3-5H2,1-2H3;3H,1-2H3. The molecule has 24 heavy (non-hydrogen) atoms. The lowest BCUT2D eigenvalue weighted by Crippen LogP contribution is -2.29. The van der Waals surface area contributed by atoms with Gasteiger partial charge >= 0.3 is 0 Å². The molecule has 1 saturated heterocycles. The molecular weight excluding hydrogens is 302 g/mol. The molecule has 0 saturated carbocycles. The van der Waals surface area contributed by atoms with Crippen LogP contribution < -0.4 is 16.8 Å². The van der Waals surface area contributed by atoms with Crippen LogP contribution in [0, 0.1) is 0 Å². The van der Waals surface area contributed by atoms with Gasteiger partial charge in [-0.2, -0.15) is 0 Å². The van der Waals surface area contributed by atoms with Crippen molar-refractivity contribution in [3.63, 3.8) is 0 Å². The molecule has 0 aromatic heterocycles. The first-order valence-electron chi connectivity index (χ1n) is 9.83. The van der Waals surface area contributed by atoms with E-state index in [1.54, 1.807) is 0 Å². The minimum atomic E-state index is -0.0434. The maximum Gasteiger partial charge on any atom is 0.0980 e. The topological polar surface area (TPSA) is 82.5 Å². The maximum atomic E-state index is 5.41. The molecule has 1 fully saturated rings. The monoisotopic (exact) mass is 347 g/mol. The Kier molecular flexibility index (Phi) is 22.6. The van der Waals surface area contributed by atoms with Gasteiger partial charge in [0.15, 0.2) is 0 Å². The van der Waals surface area contributed by atoms with Crippen molar-refractivity contribution in [3.8, 4) is 0 Å². The van der Waals surface area contributed by atoms with Crippen LogP contribution in [-0.2, 0) is 9.78 Å². The number of hydrogen-bond acceptors (Lipinski definition) is 5. The van der Waals surface area contributed by atoms with Gasteiger partial charge < -0.3 is 16.8 Å². The highest BCUT2D eigenvalue weighted by atomic mass is 17.2. The Morgan fingerprint density at radius 1 is 0.792 bits per heavy atom. The lowest BCUT2D eigenvalue weighted by Gasteiger charge is -2.27. The largest absolute Gasteiger partial charge is 0.330 e. The molecule has 1 aliphatic rings. The van der Waals surface area contributed by atoms with Crippen molar-refractivity contribution < 1.29 is 9.78 Å². The Labute approximate surface area is 151 Å². The van der Waals surface area contributed by atoms with E-state index >= 15 is 0 Å². The Morgan fingerprint density at radius 2 is 1.17 bits per heavy atom. The molecule has 1 rings (SSSR count). The van der Waals surface area contributed by atoms with Gasteiger partial charge in [-0.1, -0.05) is 44.9 Å². The highest BCUT2D eigenvalue weighted by molar-refractivity contribution is 4.67. The van der Waals surface area contributed by atoms with E-state index in [0.29, 0.717) is 0 Å². The van der Waals surface area contributed by atoms with Crippen LogP contribution in [0.15, 0.2) is 0 Å². The molecule has 0 aromatic carbocycles. The van der Waals surface area contributed by atoms with E-state index in [2.05, 4.69) is 5.32 Å². The van der Waals surface area contributed by atoms with Crippen molar-refractivity contribution in [2.24, 2.45) is 11.5 Å². The molecule has 0 bridgehead atoms. The minimum Gasteiger partial charge on any atom is -0.330 e. The molecule has 5 heteroatoms. The van der Waals surface area contributed by atoms with Gasteiger partial charge in [0, 0.05) is 0 Å². The zero-order valence-electron chi connectivity index (χ0n) is 16.9. The molecule has 148 valence electrons. The van der Waals surface area contributed by atoms with Crippen molar-refractivity contribution in [2.75, 3.05) is 33.8 Å². The third-order valence-electron chi connectivity index (χ3n) is 3.70. The molecule has 0 spiro atoms. The van der Waals surface area contributed by atoms with Crippen LogP contribution in [0.1, 0.15) is 84.5 Å². The van der Waals surface area contributed by atoms with Crippen LogP contribution in [0.2, 0.25) is 0 Å². The van der Waals surface area contributed by atoms with Gasteiger partial charge in [0.2, 0.25) is 0 Å². The van der Waals surface area contributed by atoms with Gasteiger partial charge in [-0.3, -0.25) is 0 Å². The molecule has 0 atom stereocenters. The van der Waals surface area contributed by atoms with Gasteiger partial charge in [-0.25, -0.2) is 9.78 Å². The fraction of sp³-hybridized carbons (Fsp3) is 1.00. The first kappa shape index (κ1) is 26.0. The second-order valence-corrected chi connectivity index (χ2v) is 7.03. The van der Waals surface area contributed by atoms with E-state index in [1.807, 2.05) is 27.9 Å².